The second kappa shape index (κ2) is 6.27. The summed E-state index contributed by atoms with van der Waals surface area (Å²) in [5.74, 6) is 0.457. The Labute approximate surface area is 129 Å². The molecule has 0 radical (unpaired) electrons. The molecular weight excluding hydrogens is 316 g/mol. The molecule has 2 aromatic carbocycles. The van der Waals surface area contributed by atoms with Gasteiger partial charge in [0.25, 0.3) is 11.4 Å². The first-order valence-electron chi connectivity index (χ1n) is 5.86. The van der Waals surface area contributed by atoms with Crippen LogP contribution in [0, 0.1) is 20.2 Å². The SMILES string of the molecule is COc1ccc([N+](=O)[O-])cc1Oc1ccc([N+](=O)[O-])cc1Cl. The first-order valence-corrected chi connectivity index (χ1v) is 6.24. The number of halogens is 1. The minimum absolute atomic E-state index is 0.00255. The van der Waals surface area contributed by atoms with Crippen LogP contribution in [0.25, 0.3) is 0 Å². The van der Waals surface area contributed by atoms with Crippen molar-refractivity contribution >= 4 is 23.0 Å². The fourth-order valence-electron chi connectivity index (χ4n) is 1.66. The Morgan fingerprint density at radius 2 is 1.45 bits per heavy atom. The van der Waals surface area contributed by atoms with Crippen LogP contribution in [0.15, 0.2) is 36.4 Å². The van der Waals surface area contributed by atoms with Crippen LogP contribution in [0.3, 0.4) is 0 Å². The van der Waals surface area contributed by atoms with Crippen molar-refractivity contribution in [3.63, 3.8) is 0 Å². The third-order valence-electron chi connectivity index (χ3n) is 2.70. The summed E-state index contributed by atoms with van der Waals surface area (Å²) in [7, 11) is 1.38. The Hall–Kier alpha value is -2.87. The zero-order chi connectivity index (χ0) is 16.3. The second-order valence-electron chi connectivity index (χ2n) is 4.07. The fraction of sp³-hybridized carbons (Fsp3) is 0.0769. The van der Waals surface area contributed by atoms with Crippen LogP contribution in [-0.2, 0) is 0 Å². The molecule has 0 unspecified atom stereocenters. The molecule has 0 aliphatic carbocycles. The molecule has 0 aliphatic rings. The van der Waals surface area contributed by atoms with Crippen molar-refractivity contribution in [3.05, 3.63) is 61.6 Å². The van der Waals surface area contributed by atoms with E-state index in [9.17, 15) is 20.2 Å². The molecule has 0 heterocycles. The molecule has 8 nitrogen and oxygen atoms in total. The van der Waals surface area contributed by atoms with Crippen molar-refractivity contribution < 1.29 is 19.3 Å². The number of nitro groups is 2. The van der Waals surface area contributed by atoms with Gasteiger partial charge in [-0.25, -0.2) is 0 Å². The third kappa shape index (κ3) is 3.23. The van der Waals surface area contributed by atoms with Gasteiger partial charge >= 0.3 is 0 Å². The summed E-state index contributed by atoms with van der Waals surface area (Å²) < 4.78 is 10.5. The number of ether oxygens (including phenoxy) is 2. The van der Waals surface area contributed by atoms with Gasteiger partial charge in [-0.15, -0.1) is 0 Å². The first-order chi connectivity index (χ1) is 10.4. The molecule has 114 valence electrons. The number of nitrogens with zero attached hydrogens (tertiary/aromatic N) is 2. The van der Waals surface area contributed by atoms with Crippen molar-refractivity contribution in [2.45, 2.75) is 0 Å². The number of benzene rings is 2. The summed E-state index contributed by atoms with van der Waals surface area (Å²) in [6.45, 7) is 0. The van der Waals surface area contributed by atoms with E-state index in [2.05, 4.69) is 0 Å². The number of non-ortho nitro benzene ring substituents is 2. The van der Waals surface area contributed by atoms with Crippen LogP contribution in [0.1, 0.15) is 0 Å². The minimum Gasteiger partial charge on any atom is -0.493 e. The monoisotopic (exact) mass is 324 g/mol. The topological polar surface area (TPSA) is 105 Å². The highest BCUT2D eigenvalue weighted by atomic mass is 35.5. The average Bonchev–Trinajstić information content (AvgIpc) is 2.48. The molecule has 2 aromatic rings. The molecule has 0 amide bonds. The Kier molecular flexibility index (Phi) is 4.42. The summed E-state index contributed by atoms with van der Waals surface area (Å²) in [6.07, 6.45) is 0. The maximum atomic E-state index is 10.8. The maximum absolute atomic E-state index is 10.8. The molecule has 0 saturated carbocycles. The van der Waals surface area contributed by atoms with E-state index >= 15 is 0 Å². The van der Waals surface area contributed by atoms with Crippen LogP contribution in [-0.4, -0.2) is 17.0 Å². The fourth-order valence-corrected chi connectivity index (χ4v) is 1.88. The molecule has 0 fully saturated rings. The first kappa shape index (κ1) is 15.5. The Morgan fingerprint density at radius 3 is 1.95 bits per heavy atom. The lowest BCUT2D eigenvalue weighted by atomic mass is 10.2. The van der Waals surface area contributed by atoms with Crippen molar-refractivity contribution in [1.82, 2.24) is 0 Å². The van der Waals surface area contributed by atoms with Crippen molar-refractivity contribution in [1.29, 1.82) is 0 Å². The number of rotatable bonds is 5. The van der Waals surface area contributed by atoms with E-state index in [0.717, 1.165) is 6.07 Å². The number of hydrogen-bond acceptors (Lipinski definition) is 6. The molecule has 22 heavy (non-hydrogen) atoms. The molecule has 0 bridgehead atoms. The van der Waals surface area contributed by atoms with Crippen LogP contribution in [0.4, 0.5) is 11.4 Å². The molecule has 9 heteroatoms. The van der Waals surface area contributed by atoms with E-state index in [1.54, 1.807) is 0 Å². The molecular formula is C13H9ClN2O6. The lowest BCUT2D eigenvalue weighted by Gasteiger charge is -2.11. The smallest absolute Gasteiger partial charge is 0.273 e. The molecule has 0 N–H and O–H groups in total. The maximum Gasteiger partial charge on any atom is 0.273 e. The minimum atomic E-state index is -0.594. The van der Waals surface area contributed by atoms with Gasteiger partial charge < -0.3 is 9.47 Å². The summed E-state index contributed by atoms with van der Waals surface area (Å²) >= 11 is 5.92. The van der Waals surface area contributed by atoms with E-state index in [0.29, 0.717) is 0 Å². The third-order valence-corrected chi connectivity index (χ3v) is 3.00. The van der Waals surface area contributed by atoms with Crippen molar-refractivity contribution in [3.8, 4) is 17.2 Å². The van der Waals surface area contributed by atoms with Gasteiger partial charge in [0.05, 0.1) is 28.0 Å². The van der Waals surface area contributed by atoms with E-state index < -0.39 is 9.85 Å². The second-order valence-corrected chi connectivity index (χ2v) is 4.47. The Morgan fingerprint density at radius 1 is 0.909 bits per heavy atom. The highest BCUT2D eigenvalue weighted by Crippen LogP contribution is 2.38. The van der Waals surface area contributed by atoms with Gasteiger partial charge in [-0.1, -0.05) is 11.6 Å². The highest BCUT2D eigenvalue weighted by molar-refractivity contribution is 6.32. The highest BCUT2D eigenvalue weighted by Gasteiger charge is 2.16. The molecule has 0 spiro atoms. The standard InChI is InChI=1S/C13H9ClN2O6/c1-21-12-5-3-9(16(19)20)7-13(12)22-11-4-2-8(15(17)18)6-10(11)14/h2-7H,1H3. The van der Waals surface area contributed by atoms with E-state index in [1.165, 1.54) is 37.4 Å². The van der Waals surface area contributed by atoms with Gasteiger partial charge in [-0.05, 0) is 12.1 Å². The van der Waals surface area contributed by atoms with E-state index in [1.807, 2.05) is 0 Å². The van der Waals surface area contributed by atoms with Gasteiger partial charge in [0, 0.05) is 18.2 Å². The molecule has 0 atom stereocenters. The number of methoxy groups -OCH3 is 1. The Balaban J connectivity index is 2.39. The average molecular weight is 325 g/mol. The van der Waals surface area contributed by atoms with Gasteiger partial charge in [-0.3, -0.25) is 20.2 Å². The summed E-state index contributed by atoms with van der Waals surface area (Å²) in [6, 6.07) is 7.47. The van der Waals surface area contributed by atoms with Crippen LogP contribution >= 0.6 is 11.6 Å². The largest absolute Gasteiger partial charge is 0.493 e. The van der Waals surface area contributed by atoms with Crippen LogP contribution < -0.4 is 9.47 Å². The molecule has 2 rings (SSSR count). The van der Waals surface area contributed by atoms with E-state index in [4.69, 9.17) is 21.1 Å². The number of hydrogen-bond donors (Lipinski definition) is 0. The number of nitro benzene ring substituents is 2. The predicted molar refractivity (Wildman–Crippen MR) is 77.8 cm³/mol. The quantitative estimate of drug-likeness (QED) is 0.609. The van der Waals surface area contributed by atoms with Crippen LogP contribution in [0.5, 0.6) is 17.2 Å². The molecule has 0 aliphatic heterocycles. The zero-order valence-corrected chi connectivity index (χ0v) is 11.9. The lowest BCUT2D eigenvalue weighted by Crippen LogP contribution is -1.94. The zero-order valence-electron chi connectivity index (χ0n) is 11.2. The normalized spacial score (nSPS) is 10.1. The van der Waals surface area contributed by atoms with E-state index in [-0.39, 0.29) is 33.6 Å². The lowest BCUT2D eigenvalue weighted by molar-refractivity contribution is -0.385. The van der Waals surface area contributed by atoms with Crippen molar-refractivity contribution in [2.75, 3.05) is 7.11 Å². The predicted octanol–water partition coefficient (Wildman–Crippen LogP) is 3.96. The van der Waals surface area contributed by atoms with Crippen LogP contribution in [0.2, 0.25) is 5.02 Å². The van der Waals surface area contributed by atoms with Gasteiger partial charge in [0.1, 0.15) is 5.75 Å². The van der Waals surface area contributed by atoms with Gasteiger partial charge in [0.2, 0.25) is 0 Å². The Bertz CT molecular complexity index is 749. The molecule has 0 saturated heterocycles. The summed E-state index contributed by atoms with van der Waals surface area (Å²) in [5.41, 5.74) is -0.378. The van der Waals surface area contributed by atoms with Gasteiger partial charge in [-0.2, -0.15) is 0 Å². The van der Waals surface area contributed by atoms with Crippen molar-refractivity contribution in [2.24, 2.45) is 0 Å². The molecule has 0 aromatic heterocycles. The van der Waals surface area contributed by atoms with Gasteiger partial charge in [0.15, 0.2) is 11.5 Å². The summed E-state index contributed by atoms with van der Waals surface area (Å²) in [5, 5.41) is 21.5. The summed E-state index contributed by atoms with van der Waals surface area (Å²) in [4.78, 5) is 20.3.